The van der Waals surface area contributed by atoms with E-state index in [1.807, 2.05) is 0 Å². The summed E-state index contributed by atoms with van der Waals surface area (Å²) >= 11 is 0. The molecule has 0 aliphatic carbocycles. The SMILES string of the molecule is CCN(C)C(C)C(F)(F)F. The van der Waals surface area contributed by atoms with E-state index in [9.17, 15) is 13.2 Å². The smallest absolute Gasteiger partial charge is 0.296 e. The molecule has 4 heteroatoms. The molecule has 10 heavy (non-hydrogen) atoms. The van der Waals surface area contributed by atoms with Crippen LogP contribution in [0.1, 0.15) is 13.8 Å². The van der Waals surface area contributed by atoms with Gasteiger partial charge in [-0.2, -0.15) is 13.2 Å². The fourth-order valence-corrected chi connectivity index (χ4v) is 0.524. The summed E-state index contributed by atoms with van der Waals surface area (Å²) in [6.07, 6.45) is -4.09. The molecule has 0 fully saturated rings. The van der Waals surface area contributed by atoms with Crippen molar-refractivity contribution in [2.45, 2.75) is 26.1 Å². The minimum Gasteiger partial charge on any atom is -0.296 e. The minimum atomic E-state index is -4.09. The van der Waals surface area contributed by atoms with Gasteiger partial charge in [-0.25, -0.2) is 0 Å². The minimum absolute atomic E-state index is 0.417. The fraction of sp³-hybridized carbons (Fsp3) is 1.00. The zero-order chi connectivity index (χ0) is 8.36. The van der Waals surface area contributed by atoms with Crippen LogP contribution in [0, 0.1) is 0 Å². The van der Waals surface area contributed by atoms with Gasteiger partial charge in [0.05, 0.1) is 0 Å². The summed E-state index contributed by atoms with van der Waals surface area (Å²) in [5, 5.41) is 0. The summed E-state index contributed by atoms with van der Waals surface area (Å²) in [4.78, 5) is 1.25. The highest BCUT2D eigenvalue weighted by molar-refractivity contribution is 4.69. The molecule has 0 radical (unpaired) electrons. The van der Waals surface area contributed by atoms with Crippen LogP contribution < -0.4 is 0 Å². The van der Waals surface area contributed by atoms with E-state index in [2.05, 4.69) is 0 Å². The molecule has 0 saturated heterocycles. The predicted octanol–water partition coefficient (Wildman–Crippen LogP) is 1.89. The third-order valence-electron chi connectivity index (χ3n) is 1.63. The zero-order valence-corrected chi connectivity index (χ0v) is 6.37. The summed E-state index contributed by atoms with van der Waals surface area (Å²) in [6.45, 7) is 3.27. The Morgan fingerprint density at radius 3 is 1.90 bits per heavy atom. The average molecular weight is 155 g/mol. The van der Waals surface area contributed by atoms with Crippen LogP contribution in [0.25, 0.3) is 0 Å². The highest BCUT2D eigenvalue weighted by Gasteiger charge is 2.37. The fourth-order valence-electron chi connectivity index (χ4n) is 0.524. The Labute approximate surface area is 58.8 Å². The molecule has 0 saturated carbocycles. The number of rotatable bonds is 2. The molecular weight excluding hydrogens is 143 g/mol. The second-order valence-corrected chi connectivity index (χ2v) is 2.29. The molecule has 0 N–H and O–H groups in total. The number of hydrogen-bond donors (Lipinski definition) is 0. The maximum Gasteiger partial charge on any atom is 0.403 e. The van der Waals surface area contributed by atoms with Gasteiger partial charge in [0.15, 0.2) is 0 Å². The number of halogens is 3. The van der Waals surface area contributed by atoms with Crippen molar-refractivity contribution >= 4 is 0 Å². The van der Waals surface area contributed by atoms with Gasteiger partial charge in [0.25, 0.3) is 0 Å². The lowest BCUT2D eigenvalue weighted by atomic mass is 10.3. The molecule has 0 aromatic carbocycles. The molecule has 1 unspecified atom stereocenters. The molecule has 0 spiro atoms. The molecule has 0 aromatic rings. The summed E-state index contributed by atoms with van der Waals surface area (Å²) < 4.78 is 35.5. The lowest BCUT2D eigenvalue weighted by molar-refractivity contribution is -0.174. The molecule has 0 bridgehead atoms. The van der Waals surface area contributed by atoms with Gasteiger partial charge < -0.3 is 0 Å². The van der Waals surface area contributed by atoms with Gasteiger partial charge in [-0.1, -0.05) is 6.92 Å². The van der Waals surface area contributed by atoms with E-state index in [4.69, 9.17) is 0 Å². The Morgan fingerprint density at radius 1 is 1.40 bits per heavy atom. The Morgan fingerprint density at radius 2 is 1.80 bits per heavy atom. The van der Waals surface area contributed by atoms with Crippen molar-refractivity contribution in [3.8, 4) is 0 Å². The van der Waals surface area contributed by atoms with Gasteiger partial charge in [-0.15, -0.1) is 0 Å². The van der Waals surface area contributed by atoms with E-state index in [1.54, 1.807) is 6.92 Å². The van der Waals surface area contributed by atoms with Gasteiger partial charge in [-0.3, -0.25) is 4.90 Å². The number of nitrogens with zero attached hydrogens (tertiary/aromatic N) is 1. The van der Waals surface area contributed by atoms with Crippen LogP contribution in [0.3, 0.4) is 0 Å². The Balaban J connectivity index is 3.94. The van der Waals surface area contributed by atoms with Crippen molar-refractivity contribution < 1.29 is 13.2 Å². The van der Waals surface area contributed by atoms with E-state index in [0.717, 1.165) is 6.92 Å². The first-order valence-corrected chi connectivity index (χ1v) is 3.16. The predicted molar refractivity (Wildman–Crippen MR) is 33.8 cm³/mol. The topological polar surface area (TPSA) is 3.24 Å². The van der Waals surface area contributed by atoms with Crippen molar-refractivity contribution in [3.63, 3.8) is 0 Å². The zero-order valence-electron chi connectivity index (χ0n) is 6.37. The van der Waals surface area contributed by atoms with E-state index in [-0.39, 0.29) is 0 Å². The molecular formula is C6H12F3N. The summed E-state index contributed by atoms with van der Waals surface area (Å²) in [5.74, 6) is 0. The first-order chi connectivity index (χ1) is 4.39. The lowest BCUT2D eigenvalue weighted by Crippen LogP contribution is -2.40. The monoisotopic (exact) mass is 155 g/mol. The number of alkyl halides is 3. The number of hydrogen-bond acceptors (Lipinski definition) is 1. The summed E-state index contributed by atoms with van der Waals surface area (Å²) in [5.41, 5.74) is 0. The van der Waals surface area contributed by atoms with Crippen molar-refractivity contribution in [3.05, 3.63) is 0 Å². The quantitative estimate of drug-likeness (QED) is 0.588. The molecule has 62 valence electrons. The van der Waals surface area contributed by atoms with Gasteiger partial charge in [0.2, 0.25) is 0 Å². The maximum absolute atomic E-state index is 11.8. The van der Waals surface area contributed by atoms with Crippen LogP contribution >= 0.6 is 0 Å². The molecule has 0 aliphatic heterocycles. The lowest BCUT2D eigenvalue weighted by Gasteiger charge is -2.24. The second-order valence-electron chi connectivity index (χ2n) is 2.29. The second kappa shape index (κ2) is 3.23. The molecule has 1 nitrogen and oxygen atoms in total. The highest BCUT2D eigenvalue weighted by Crippen LogP contribution is 2.22. The first kappa shape index (κ1) is 9.75. The third kappa shape index (κ3) is 2.56. The maximum atomic E-state index is 11.8. The first-order valence-electron chi connectivity index (χ1n) is 3.16. The molecule has 1 atom stereocenters. The average Bonchev–Trinajstić information content (AvgIpc) is 1.83. The van der Waals surface area contributed by atoms with E-state index in [0.29, 0.717) is 6.54 Å². The van der Waals surface area contributed by atoms with Crippen LogP contribution in [0.2, 0.25) is 0 Å². The third-order valence-corrected chi connectivity index (χ3v) is 1.63. The van der Waals surface area contributed by atoms with Crippen LogP contribution in [0.5, 0.6) is 0 Å². The Kier molecular flexibility index (Phi) is 3.15. The van der Waals surface area contributed by atoms with Crippen LogP contribution in [0.4, 0.5) is 13.2 Å². The highest BCUT2D eigenvalue weighted by atomic mass is 19.4. The van der Waals surface area contributed by atoms with Gasteiger partial charge in [-0.05, 0) is 20.5 Å². The molecule has 0 rings (SSSR count). The summed E-state index contributed by atoms with van der Waals surface area (Å²) in [6, 6.07) is -1.34. The standard InChI is InChI=1S/C6H12F3N/c1-4-10(3)5(2)6(7,8)9/h5H,4H2,1-3H3. The van der Waals surface area contributed by atoms with Crippen molar-refractivity contribution in [1.29, 1.82) is 0 Å². The van der Waals surface area contributed by atoms with Crippen molar-refractivity contribution in [2.24, 2.45) is 0 Å². The normalized spacial score (nSPS) is 15.9. The Bertz CT molecular complexity index is 99.7. The Hall–Kier alpha value is -0.250. The van der Waals surface area contributed by atoms with Crippen LogP contribution in [0.15, 0.2) is 0 Å². The van der Waals surface area contributed by atoms with Crippen LogP contribution in [-0.2, 0) is 0 Å². The van der Waals surface area contributed by atoms with Gasteiger partial charge in [0, 0.05) is 0 Å². The van der Waals surface area contributed by atoms with Gasteiger partial charge >= 0.3 is 6.18 Å². The van der Waals surface area contributed by atoms with Crippen molar-refractivity contribution in [1.82, 2.24) is 4.90 Å². The summed E-state index contributed by atoms with van der Waals surface area (Å²) in [7, 11) is 1.46. The molecule has 0 aromatic heterocycles. The van der Waals surface area contributed by atoms with Crippen molar-refractivity contribution in [2.75, 3.05) is 13.6 Å². The van der Waals surface area contributed by atoms with Crippen LogP contribution in [-0.4, -0.2) is 30.7 Å². The van der Waals surface area contributed by atoms with Gasteiger partial charge in [0.1, 0.15) is 6.04 Å². The molecule has 0 heterocycles. The van der Waals surface area contributed by atoms with E-state index >= 15 is 0 Å². The van der Waals surface area contributed by atoms with E-state index in [1.165, 1.54) is 11.9 Å². The van der Waals surface area contributed by atoms with E-state index < -0.39 is 12.2 Å². The molecule has 0 amide bonds. The molecule has 0 aliphatic rings. The largest absolute Gasteiger partial charge is 0.403 e.